The second-order valence-corrected chi connectivity index (χ2v) is 4.03. The quantitative estimate of drug-likeness (QED) is 0.439. The van der Waals surface area contributed by atoms with Gasteiger partial charge in [0.1, 0.15) is 5.78 Å². The van der Waals surface area contributed by atoms with Gasteiger partial charge in [0.2, 0.25) is 5.91 Å². The Balaban J connectivity index is 4.29. The lowest BCUT2D eigenvalue weighted by Crippen LogP contribution is -2.32. The number of amides is 1. The van der Waals surface area contributed by atoms with Crippen LogP contribution in [0, 0.1) is 0 Å². The minimum absolute atomic E-state index is 0.184. The van der Waals surface area contributed by atoms with E-state index in [1.54, 1.807) is 6.92 Å². The van der Waals surface area contributed by atoms with E-state index in [0.29, 0.717) is 0 Å². The number of hydrogen-bond acceptors (Lipinski definition) is 2. The van der Waals surface area contributed by atoms with E-state index in [9.17, 15) is 9.36 Å². The van der Waals surface area contributed by atoms with Crippen LogP contribution in [0.5, 0.6) is 0 Å². The first-order valence-corrected chi connectivity index (χ1v) is 5.08. The Kier molecular flexibility index (Phi) is 4.17. The highest BCUT2D eigenvalue weighted by atomic mass is 31.2. The van der Waals surface area contributed by atoms with Gasteiger partial charge in [-0.25, -0.2) is 0 Å². The van der Waals surface area contributed by atoms with E-state index in [4.69, 9.17) is 9.79 Å². The van der Waals surface area contributed by atoms with E-state index in [1.807, 2.05) is 0 Å². The van der Waals surface area contributed by atoms with Crippen LogP contribution in [0.25, 0.3) is 0 Å². The molecule has 0 aliphatic heterocycles. The van der Waals surface area contributed by atoms with Crippen molar-refractivity contribution in [2.24, 2.45) is 0 Å². The average molecular weight is 193 g/mol. The van der Waals surface area contributed by atoms with E-state index >= 15 is 0 Å². The van der Waals surface area contributed by atoms with E-state index in [1.165, 1.54) is 0 Å². The molecule has 0 saturated carbocycles. The van der Waals surface area contributed by atoms with Crippen molar-refractivity contribution in [3.63, 3.8) is 0 Å². The first-order valence-electron chi connectivity index (χ1n) is 3.40. The summed E-state index contributed by atoms with van der Waals surface area (Å²) in [6.45, 7) is 4.74. The highest BCUT2D eigenvalue weighted by Crippen LogP contribution is 2.40. The third kappa shape index (κ3) is 3.67. The van der Waals surface area contributed by atoms with Crippen molar-refractivity contribution in [1.82, 2.24) is 5.32 Å². The fourth-order valence-electron chi connectivity index (χ4n) is 0.647. The van der Waals surface area contributed by atoms with Crippen LogP contribution in [-0.2, 0) is 9.36 Å². The molecular weight excluding hydrogens is 181 g/mol. The van der Waals surface area contributed by atoms with E-state index < -0.39 is 19.3 Å². The van der Waals surface area contributed by atoms with Gasteiger partial charge < -0.3 is 15.1 Å². The maximum Gasteiger partial charge on any atom is 0.347 e. The van der Waals surface area contributed by atoms with Crippen LogP contribution in [0.4, 0.5) is 0 Å². The molecule has 1 amide bonds. The summed E-state index contributed by atoms with van der Waals surface area (Å²) < 4.78 is 10.7. The van der Waals surface area contributed by atoms with Gasteiger partial charge in [0, 0.05) is 0 Å². The topological polar surface area (TPSA) is 86.6 Å². The summed E-state index contributed by atoms with van der Waals surface area (Å²) in [6, 6.07) is 0. The van der Waals surface area contributed by atoms with E-state index in [0.717, 1.165) is 6.08 Å². The van der Waals surface area contributed by atoms with Gasteiger partial charge in [-0.15, -0.1) is 0 Å². The predicted molar refractivity (Wildman–Crippen MR) is 44.5 cm³/mol. The van der Waals surface area contributed by atoms with Gasteiger partial charge in [-0.1, -0.05) is 13.5 Å². The molecule has 0 aromatic heterocycles. The van der Waals surface area contributed by atoms with Crippen LogP contribution >= 0.6 is 7.60 Å². The Morgan fingerprint density at radius 1 is 1.75 bits per heavy atom. The molecule has 0 rings (SSSR count). The predicted octanol–water partition coefficient (Wildman–Crippen LogP) is 0.202. The summed E-state index contributed by atoms with van der Waals surface area (Å²) in [7, 11) is -4.22. The fourth-order valence-corrected chi connectivity index (χ4v) is 1.42. The molecule has 5 nitrogen and oxygen atoms in total. The zero-order valence-electron chi connectivity index (χ0n) is 6.73. The maximum absolute atomic E-state index is 10.7. The lowest BCUT2D eigenvalue weighted by Gasteiger charge is -2.16. The monoisotopic (exact) mass is 193 g/mol. The molecule has 0 fully saturated rings. The molecule has 0 radical (unpaired) electrons. The van der Waals surface area contributed by atoms with Crippen LogP contribution < -0.4 is 5.32 Å². The molecule has 0 heterocycles. The van der Waals surface area contributed by atoms with Gasteiger partial charge in [-0.2, -0.15) is 0 Å². The fraction of sp³-hybridized carbons (Fsp3) is 0.500. The summed E-state index contributed by atoms with van der Waals surface area (Å²) in [4.78, 5) is 28.0. The van der Waals surface area contributed by atoms with Crippen molar-refractivity contribution in [2.75, 3.05) is 0 Å². The summed E-state index contributed by atoms with van der Waals surface area (Å²) in [5.41, 5.74) is 0. The number of hydrogen-bond donors (Lipinski definition) is 3. The molecule has 1 unspecified atom stereocenters. The Bertz CT molecular complexity index is 222. The van der Waals surface area contributed by atoms with Gasteiger partial charge in [-0.05, 0) is 12.5 Å². The molecule has 0 aliphatic carbocycles. The van der Waals surface area contributed by atoms with Gasteiger partial charge in [0.25, 0.3) is 0 Å². The minimum Gasteiger partial charge on any atom is -0.338 e. The van der Waals surface area contributed by atoms with Crippen LogP contribution in [0.15, 0.2) is 12.7 Å². The largest absolute Gasteiger partial charge is 0.347 e. The van der Waals surface area contributed by atoms with Crippen molar-refractivity contribution in [2.45, 2.75) is 19.1 Å². The maximum atomic E-state index is 10.7. The first-order chi connectivity index (χ1) is 5.41. The van der Waals surface area contributed by atoms with Crippen LogP contribution in [-0.4, -0.2) is 21.5 Å². The highest BCUT2D eigenvalue weighted by Gasteiger charge is 2.27. The van der Waals surface area contributed by atoms with Crippen molar-refractivity contribution >= 4 is 13.5 Å². The normalized spacial score (nSPS) is 13.6. The molecular formula is C6H12NO4P. The smallest absolute Gasteiger partial charge is 0.338 e. The molecule has 12 heavy (non-hydrogen) atoms. The number of nitrogens with one attached hydrogen (secondary N) is 1. The van der Waals surface area contributed by atoms with Crippen LogP contribution in [0.3, 0.4) is 0 Å². The van der Waals surface area contributed by atoms with E-state index in [2.05, 4.69) is 11.9 Å². The number of rotatable bonds is 4. The third-order valence-electron chi connectivity index (χ3n) is 1.29. The molecule has 6 heteroatoms. The highest BCUT2D eigenvalue weighted by molar-refractivity contribution is 7.52. The van der Waals surface area contributed by atoms with Gasteiger partial charge in [-0.3, -0.25) is 9.36 Å². The summed E-state index contributed by atoms with van der Waals surface area (Å²) in [6.07, 6.45) is 1.15. The minimum atomic E-state index is -4.22. The molecule has 70 valence electrons. The van der Waals surface area contributed by atoms with Crippen molar-refractivity contribution in [3.8, 4) is 0 Å². The van der Waals surface area contributed by atoms with Crippen molar-refractivity contribution in [1.29, 1.82) is 0 Å². The molecule has 0 saturated heterocycles. The van der Waals surface area contributed by atoms with Gasteiger partial charge >= 0.3 is 7.60 Å². The van der Waals surface area contributed by atoms with Crippen LogP contribution in [0.1, 0.15) is 13.3 Å². The molecule has 0 bridgehead atoms. The number of carbonyl (C=O) groups excluding carboxylic acids is 1. The Hall–Kier alpha value is -0.640. The third-order valence-corrected chi connectivity index (χ3v) is 2.59. The molecule has 0 spiro atoms. The zero-order valence-corrected chi connectivity index (χ0v) is 7.62. The molecule has 0 aromatic rings. The summed E-state index contributed by atoms with van der Waals surface area (Å²) >= 11 is 0. The van der Waals surface area contributed by atoms with Gasteiger partial charge in [0.05, 0.1) is 0 Å². The molecule has 0 aliphatic rings. The average Bonchev–Trinajstić information content (AvgIpc) is 1.97. The standard InChI is InChI=1S/C6H12NO4P/c1-3-5(8)7-6(4-2)12(9,10)11/h3,6H,1,4H2,2H3,(H,7,8)(H2,9,10,11). The molecule has 0 aromatic carbocycles. The van der Waals surface area contributed by atoms with Crippen molar-refractivity contribution in [3.05, 3.63) is 12.7 Å². The zero-order chi connectivity index (χ0) is 9.78. The van der Waals surface area contributed by atoms with Crippen molar-refractivity contribution < 1.29 is 19.1 Å². The van der Waals surface area contributed by atoms with Crippen LogP contribution in [0.2, 0.25) is 0 Å². The Labute approximate surface area is 70.6 Å². The lowest BCUT2D eigenvalue weighted by molar-refractivity contribution is -0.116. The summed E-state index contributed by atoms with van der Waals surface area (Å²) in [5, 5.41) is 2.14. The molecule has 1 atom stereocenters. The second-order valence-electron chi connectivity index (χ2n) is 2.23. The SMILES string of the molecule is C=CC(=O)NC(CC)P(=O)(O)O. The summed E-state index contributed by atoms with van der Waals surface area (Å²) in [5.74, 6) is -1.69. The lowest BCUT2D eigenvalue weighted by atomic mass is 10.4. The van der Waals surface area contributed by atoms with Gasteiger partial charge in [0.15, 0.2) is 0 Å². The molecule has 3 N–H and O–H groups in total. The van der Waals surface area contributed by atoms with E-state index in [-0.39, 0.29) is 6.42 Å². The number of carbonyl (C=O) groups is 1. The first kappa shape index (κ1) is 11.4. The second kappa shape index (κ2) is 4.40. The Morgan fingerprint density at radius 3 is 2.50 bits per heavy atom. The Morgan fingerprint density at radius 2 is 2.25 bits per heavy atom.